The number of aryl methyl sites for hydroxylation is 2. The van der Waals surface area contributed by atoms with E-state index in [0.717, 1.165) is 29.1 Å². The lowest BCUT2D eigenvalue weighted by Gasteiger charge is -2.09. The van der Waals surface area contributed by atoms with Crippen molar-refractivity contribution in [2.45, 2.75) is 20.4 Å². The molecule has 1 N–H and O–H groups in total. The Hall–Kier alpha value is -2.42. The van der Waals surface area contributed by atoms with Crippen LogP contribution in [-0.4, -0.2) is 9.97 Å². The Kier molecular flexibility index (Phi) is 3.33. The Morgan fingerprint density at radius 2 is 1.65 bits per heavy atom. The van der Waals surface area contributed by atoms with Gasteiger partial charge < -0.3 is 5.32 Å². The molecule has 0 radical (unpaired) electrons. The van der Waals surface area contributed by atoms with E-state index in [1.807, 2.05) is 31.2 Å². The second-order valence-corrected chi connectivity index (χ2v) is 4.99. The monoisotopic (exact) mass is 263 g/mol. The summed E-state index contributed by atoms with van der Waals surface area (Å²) in [6, 6.07) is 16.4. The number of anilines is 1. The van der Waals surface area contributed by atoms with Gasteiger partial charge in [-0.1, -0.05) is 42.0 Å². The topological polar surface area (TPSA) is 37.8 Å². The van der Waals surface area contributed by atoms with Crippen LogP contribution in [0.1, 0.15) is 16.8 Å². The molecule has 1 aromatic heterocycles. The minimum absolute atomic E-state index is 0.759. The predicted molar refractivity (Wildman–Crippen MR) is 82.8 cm³/mol. The largest absolute Gasteiger partial charge is 0.364 e. The van der Waals surface area contributed by atoms with E-state index < -0.39 is 0 Å². The van der Waals surface area contributed by atoms with Crippen LogP contribution < -0.4 is 5.32 Å². The maximum absolute atomic E-state index is 4.64. The van der Waals surface area contributed by atoms with Gasteiger partial charge in [-0.2, -0.15) is 0 Å². The normalized spacial score (nSPS) is 10.7. The van der Waals surface area contributed by atoms with Crippen LogP contribution in [0.25, 0.3) is 11.0 Å². The first-order chi connectivity index (χ1) is 9.72. The van der Waals surface area contributed by atoms with Crippen LogP contribution in [0.15, 0.2) is 48.5 Å². The van der Waals surface area contributed by atoms with Crippen molar-refractivity contribution in [3.05, 3.63) is 65.4 Å². The molecule has 2 aromatic carbocycles. The predicted octanol–water partition coefficient (Wildman–Crippen LogP) is 3.86. The number of fused-ring (bicyclic) bond motifs is 1. The lowest BCUT2D eigenvalue weighted by Crippen LogP contribution is -2.05. The molecular weight excluding hydrogens is 246 g/mol. The fourth-order valence-corrected chi connectivity index (χ4v) is 2.26. The standard InChI is InChI=1S/C17H17N3/c1-12-6-5-7-14(10-12)11-18-17-13(2)19-15-8-3-4-9-16(15)20-17/h3-10H,11H2,1-2H3,(H,18,20). The molecule has 1 heterocycles. The van der Waals surface area contributed by atoms with Gasteiger partial charge in [-0.3, -0.25) is 0 Å². The smallest absolute Gasteiger partial charge is 0.148 e. The lowest BCUT2D eigenvalue weighted by molar-refractivity contribution is 1.08. The summed E-state index contributed by atoms with van der Waals surface area (Å²) in [4.78, 5) is 9.22. The molecule has 0 saturated carbocycles. The zero-order chi connectivity index (χ0) is 13.9. The maximum Gasteiger partial charge on any atom is 0.148 e. The highest BCUT2D eigenvalue weighted by Crippen LogP contribution is 2.16. The third kappa shape index (κ3) is 2.62. The molecule has 3 heteroatoms. The number of nitrogens with one attached hydrogen (secondary N) is 1. The molecule has 0 unspecified atom stereocenters. The average molecular weight is 263 g/mol. The molecule has 0 fully saturated rings. The number of aromatic nitrogens is 2. The van der Waals surface area contributed by atoms with E-state index in [-0.39, 0.29) is 0 Å². The van der Waals surface area contributed by atoms with Gasteiger partial charge in [0.2, 0.25) is 0 Å². The second kappa shape index (κ2) is 5.29. The van der Waals surface area contributed by atoms with E-state index in [9.17, 15) is 0 Å². The Morgan fingerprint density at radius 3 is 2.40 bits per heavy atom. The van der Waals surface area contributed by atoms with Crippen molar-refractivity contribution in [3.63, 3.8) is 0 Å². The quantitative estimate of drug-likeness (QED) is 0.779. The van der Waals surface area contributed by atoms with E-state index in [4.69, 9.17) is 0 Å². The second-order valence-electron chi connectivity index (χ2n) is 4.99. The Balaban J connectivity index is 1.85. The van der Waals surface area contributed by atoms with Crippen LogP contribution in [0.4, 0.5) is 5.82 Å². The van der Waals surface area contributed by atoms with Gasteiger partial charge in [0.15, 0.2) is 0 Å². The SMILES string of the molecule is Cc1cccc(CNc2nc3ccccc3nc2C)c1. The van der Waals surface area contributed by atoms with Crippen LogP contribution in [-0.2, 0) is 6.54 Å². The van der Waals surface area contributed by atoms with Gasteiger partial charge in [-0.25, -0.2) is 9.97 Å². The van der Waals surface area contributed by atoms with Gasteiger partial charge in [0, 0.05) is 6.54 Å². The first kappa shape index (κ1) is 12.6. The van der Waals surface area contributed by atoms with Crippen molar-refractivity contribution >= 4 is 16.9 Å². The van der Waals surface area contributed by atoms with Gasteiger partial charge in [-0.05, 0) is 31.5 Å². The highest BCUT2D eigenvalue weighted by molar-refractivity contribution is 5.76. The third-order valence-corrected chi connectivity index (χ3v) is 3.29. The highest BCUT2D eigenvalue weighted by Gasteiger charge is 2.04. The van der Waals surface area contributed by atoms with Gasteiger partial charge in [0.05, 0.1) is 16.7 Å². The number of hydrogen-bond donors (Lipinski definition) is 1. The van der Waals surface area contributed by atoms with Crippen molar-refractivity contribution < 1.29 is 0 Å². The number of benzene rings is 2. The fraction of sp³-hybridized carbons (Fsp3) is 0.176. The molecule has 100 valence electrons. The van der Waals surface area contributed by atoms with E-state index in [2.05, 4.69) is 46.5 Å². The summed E-state index contributed by atoms with van der Waals surface area (Å²) in [6.45, 7) is 4.85. The first-order valence-electron chi connectivity index (χ1n) is 6.75. The molecule has 3 nitrogen and oxygen atoms in total. The lowest BCUT2D eigenvalue weighted by atomic mass is 10.1. The van der Waals surface area contributed by atoms with Gasteiger partial charge in [0.1, 0.15) is 5.82 Å². The zero-order valence-corrected chi connectivity index (χ0v) is 11.7. The summed E-state index contributed by atoms with van der Waals surface area (Å²) in [5.74, 6) is 0.852. The molecule has 0 aliphatic rings. The molecule has 3 aromatic rings. The highest BCUT2D eigenvalue weighted by atomic mass is 15.0. The summed E-state index contributed by atoms with van der Waals surface area (Å²) in [7, 11) is 0. The number of rotatable bonds is 3. The van der Waals surface area contributed by atoms with Gasteiger partial charge >= 0.3 is 0 Å². The van der Waals surface area contributed by atoms with E-state index in [1.54, 1.807) is 0 Å². The van der Waals surface area contributed by atoms with Crippen molar-refractivity contribution in [2.75, 3.05) is 5.32 Å². The summed E-state index contributed by atoms with van der Waals surface area (Å²) in [6.07, 6.45) is 0. The molecule has 0 aliphatic carbocycles. The third-order valence-electron chi connectivity index (χ3n) is 3.29. The Morgan fingerprint density at radius 1 is 0.900 bits per heavy atom. The molecule has 0 atom stereocenters. The fourth-order valence-electron chi connectivity index (χ4n) is 2.26. The van der Waals surface area contributed by atoms with Gasteiger partial charge in [-0.15, -0.1) is 0 Å². The average Bonchev–Trinajstić information content (AvgIpc) is 2.45. The van der Waals surface area contributed by atoms with Gasteiger partial charge in [0.25, 0.3) is 0 Å². The van der Waals surface area contributed by atoms with Crippen LogP contribution in [0.3, 0.4) is 0 Å². The van der Waals surface area contributed by atoms with Crippen LogP contribution >= 0.6 is 0 Å². The van der Waals surface area contributed by atoms with E-state index in [1.165, 1.54) is 11.1 Å². The summed E-state index contributed by atoms with van der Waals surface area (Å²) < 4.78 is 0. The van der Waals surface area contributed by atoms with E-state index in [0.29, 0.717) is 0 Å². The Labute approximate surface area is 118 Å². The molecule has 0 aliphatic heterocycles. The summed E-state index contributed by atoms with van der Waals surface area (Å²) in [5, 5.41) is 3.37. The number of hydrogen-bond acceptors (Lipinski definition) is 3. The molecule has 0 spiro atoms. The van der Waals surface area contributed by atoms with Crippen molar-refractivity contribution in [3.8, 4) is 0 Å². The summed E-state index contributed by atoms with van der Waals surface area (Å²) >= 11 is 0. The summed E-state index contributed by atoms with van der Waals surface area (Å²) in [5.41, 5.74) is 5.30. The van der Waals surface area contributed by atoms with Crippen molar-refractivity contribution in [2.24, 2.45) is 0 Å². The van der Waals surface area contributed by atoms with Crippen LogP contribution in [0.5, 0.6) is 0 Å². The maximum atomic E-state index is 4.64. The molecule has 0 saturated heterocycles. The minimum atomic E-state index is 0.759. The zero-order valence-electron chi connectivity index (χ0n) is 11.7. The molecule has 3 rings (SSSR count). The van der Waals surface area contributed by atoms with Crippen LogP contribution in [0.2, 0.25) is 0 Å². The molecular formula is C17H17N3. The first-order valence-corrected chi connectivity index (χ1v) is 6.75. The number of nitrogens with zero attached hydrogens (tertiary/aromatic N) is 2. The van der Waals surface area contributed by atoms with Crippen LogP contribution in [0, 0.1) is 13.8 Å². The van der Waals surface area contributed by atoms with E-state index >= 15 is 0 Å². The molecule has 20 heavy (non-hydrogen) atoms. The molecule has 0 amide bonds. The van der Waals surface area contributed by atoms with Crippen molar-refractivity contribution in [1.82, 2.24) is 9.97 Å². The number of para-hydroxylation sites is 2. The molecule has 0 bridgehead atoms. The Bertz CT molecular complexity index is 750. The minimum Gasteiger partial charge on any atom is -0.364 e. The van der Waals surface area contributed by atoms with Crippen molar-refractivity contribution in [1.29, 1.82) is 0 Å².